The number of carbonyl (C=O) groups is 1. The lowest BCUT2D eigenvalue weighted by molar-refractivity contribution is -0.153. The Labute approximate surface area is 153 Å². The summed E-state index contributed by atoms with van der Waals surface area (Å²) in [5.41, 5.74) is 0.443. The van der Waals surface area contributed by atoms with E-state index in [0.717, 1.165) is 37.5 Å². The summed E-state index contributed by atoms with van der Waals surface area (Å²) in [6.45, 7) is 1.39. The molecule has 0 fully saturated rings. The molecule has 1 aromatic heterocycles. The number of halogens is 3. The molecule has 2 amide bonds. The fraction of sp³-hybridized carbons (Fsp3) is 0.471. The van der Waals surface area contributed by atoms with E-state index in [1.54, 1.807) is 0 Å². The van der Waals surface area contributed by atoms with Crippen LogP contribution in [0.3, 0.4) is 0 Å². The second kappa shape index (κ2) is 7.85. The summed E-state index contributed by atoms with van der Waals surface area (Å²) in [7, 11) is 0. The van der Waals surface area contributed by atoms with E-state index >= 15 is 0 Å². The number of nitrogens with zero attached hydrogens (tertiary/aromatic N) is 3. The van der Waals surface area contributed by atoms with Crippen LogP contribution in [0.4, 0.5) is 23.7 Å². The molecular formula is C17H20F3N5O2. The highest BCUT2D eigenvalue weighted by molar-refractivity contribution is 5.89. The molecule has 1 atom stereocenters. The molecule has 10 heteroatoms. The highest BCUT2D eigenvalue weighted by Gasteiger charge is 2.28. The summed E-state index contributed by atoms with van der Waals surface area (Å²) in [5.74, 6) is 1.56. The van der Waals surface area contributed by atoms with Crippen LogP contribution in [0.5, 0.6) is 5.75 Å². The SMILES string of the molecule is CCc1nc2n(n1)CCCC2NC(=O)Nc1ccc(OCC(F)(F)F)cc1. The minimum atomic E-state index is -4.39. The van der Waals surface area contributed by atoms with Gasteiger partial charge in [-0.15, -0.1) is 0 Å². The van der Waals surface area contributed by atoms with Crippen LogP contribution in [0.2, 0.25) is 0 Å². The summed E-state index contributed by atoms with van der Waals surface area (Å²) in [5, 5.41) is 9.92. The van der Waals surface area contributed by atoms with Gasteiger partial charge in [0.05, 0.1) is 6.04 Å². The van der Waals surface area contributed by atoms with E-state index < -0.39 is 18.8 Å². The highest BCUT2D eigenvalue weighted by atomic mass is 19.4. The average Bonchev–Trinajstić information content (AvgIpc) is 3.05. The van der Waals surface area contributed by atoms with Crippen LogP contribution in [0, 0.1) is 0 Å². The lowest BCUT2D eigenvalue weighted by atomic mass is 10.1. The second-order valence-electron chi connectivity index (χ2n) is 6.18. The number of hydrogen-bond donors (Lipinski definition) is 2. The van der Waals surface area contributed by atoms with Gasteiger partial charge in [-0.25, -0.2) is 14.5 Å². The van der Waals surface area contributed by atoms with Crippen molar-refractivity contribution in [1.29, 1.82) is 0 Å². The number of urea groups is 1. The smallest absolute Gasteiger partial charge is 0.422 e. The first-order valence-corrected chi connectivity index (χ1v) is 8.65. The third-order valence-corrected chi connectivity index (χ3v) is 4.05. The average molecular weight is 383 g/mol. The lowest BCUT2D eigenvalue weighted by Crippen LogP contribution is -2.36. The van der Waals surface area contributed by atoms with Crippen molar-refractivity contribution in [3.8, 4) is 5.75 Å². The van der Waals surface area contributed by atoms with E-state index in [-0.39, 0.29) is 11.8 Å². The van der Waals surface area contributed by atoms with Gasteiger partial charge in [0.25, 0.3) is 0 Å². The number of nitrogens with one attached hydrogen (secondary N) is 2. The first-order valence-electron chi connectivity index (χ1n) is 8.65. The number of benzene rings is 1. The maximum Gasteiger partial charge on any atom is 0.422 e. The molecule has 2 N–H and O–H groups in total. The van der Waals surface area contributed by atoms with E-state index in [0.29, 0.717) is 5.69 Å². The van der Waals surface area contributed by atoms with Crippen LogP contribution in [-0.2, 0) is 13.0 Å². The number of carbonyl (C=O) groups excluding carboxylic acids is 1. The number of anilines is 1. The zero-order valence-electron chi connectivity index (χ0n) is 14.7. The van der Waals surface area contributed by atoms with Gasteiger partial charge in [0, 0.05) is 18.7 Å². The fourth-order valence-corrected chi connectivity index (χ4v) is 2.81. The Bertz CT molecular complexity index is 789. The van der Waals surface area contributed by atoms with Crippen LogP contribution in [0.1, 0.15) is 37.5 Å². The Hall–Kier alpha value is -2.78. The van der Waals surface area contributed by atoms with Crippen molar-refractivity contribution in [2.24, 2.45) is 0 Å². The standard InChI is InChI=1S/C17H20F3N5O2/c1-2-14-23-15-13(4-3-9-25(15)24-14)22-16(26)21-11-5-7-12(8-6-11)27-10-17(18,19)20/h5-8,13H,2-4,9-10H2,1H3,(H2,21,22,26). The predicted molar refractivity (Wildman–Crippen MR) is 91.5 cm³/mol. The van der Waals surface area contributed by atoms with Crippen LogP contribution >= 0.6 is 0 Å². The maximum absolute atomic E-state index is 12.2. The summed E-state index contributed by atoms with van der Waals surface area (Å²) < 4.78 is 42.9. The van der Waals surface area contributed by atoms with Gasteiger partial charge < -0.3 is 15.4 Å². The third-order valence-electron chi connectivity index (χ3n) is 4.05. The lowest BCUT2D eigenvalue weighted by Gasteiger charge is -2.23. The van der Waals surface area contributed by atoms with Crippen molar-refractivity contribution in [2.45, 2.75) is 44.9 Å². The number of fused-ring (bicyclic) bond motifs is 1. The molecule has 2 aromatic rings. The summed E-state index contributed by atoms with van der Waals surface area (Å²) >= 11 is 0. The molecule has 0 saturated carbocycles. The van der Waals surface area contributed by atoms with Crippen molar-refractivity contribution < 1.29 is 22.7 Å². The molecule has 0 saturated heterocycles. The number of rotatable bonds is 5. The van der Waals surface area contributed by atoms with Gasteiger partial charge >= 0.3 is 12.2 Å². The van der Waals surface area contributed by atoms with E-state index in [9.17, 15) is 18.0 Å². The molecular weight excluding hydrogens is 363 g/mol. The van der Waals surface area contributed by atoms with Crippen LogP contribution in [0.15, 0.2) is 24.3 Å². The van der Waals surface area contributed by atoms with Crippen molar-refractivity contribution in [1.82, 2.24) is 20.1 Å². The number of aromatic nitrogens is 3. The molecule has 3 rings (SSSR count). The summed E-state index contributed by atoms with van der Waals surface area (Å²) in [6, 6.07) is 5.03. The van der Waals surface area contributed by atoms with E-state index in [2.05, 4.69) is 25.5 Å². The van der Waals surface area contributed by atoms with Crippen LogP contribution < -0.4 is 15.4 Å². The zero-order chi connectivity index (χ0) is 19.4. The Kier molecular flexibility index (Phi) is 5.52. The second-order valence-corrected chi connectivity index (χ2v) is 6.18. The van der Waals surface area contributed by atoms with E-state index in [4.69, 9.17) is 0 Å². The van der Waals surface area contributed by atoms with Gasteiger partial charge in [-0.3, -0.25) is 0 Å². The molecule has 27 heavy (non-hydrogen) atoms. The predicted octanol–water partition coefficient (Wildman–Crippen LogP) is 3.44. The van der Waals surface area contributed by atoms with Crippen molar-refractivity contribution in [3.63, 3.8) is 0 Å². The van der Waals surface area contributed by atoms with Gasteiger partial charge in [0.15, 0.2) is 12.4 Å². The van der Waals surface area contributed by atoms with E-state index in [1.807, 2.05) is 11.6 Å². The molecule has 1 aliphatic rings. The fourth-order valence-electron chi connectivity index (χ4n) is 2.81. The molecule has 0 aliphatic carbocycles. The molecule has 0 bridgehead atoms. The largest absolute Gasteiger partial charge is 0.484 e. The third kappa shape index (κ3) is 5.11. The Morgan fingerprint density at radius 1 is 1.33 bits per heavy atom. The molecule has 0 spiro atoms. The first-order chi connectivity index (χ1) is 12.8. The van der Waals surface area contributed by atoms with Gasteiger partial charge in [-0.1, -0.05) is 6.92 Å². The molecule has 1 unspecified atom stereocenters. The van der Waals surface area contributed by atoms with Crippen molar-refractivity contribution in [2.75, 3.05) is 11.9 Å². The minimum absolute atomic E-state index is 0.0748. The number of ether oxygens (including phenoxy) is 1. The summed E-state index contributed by atoms with van der Waals surface area (Å²) in [4.78, 5) is 16.7. The van der Waals surface area contributed by atoms with Crippen molar-refractivity contribution in [3.05, 3.63) is 35.9 Å². The van der Waals surface area contributed by atoms with Crippen molar-refractivity contribution >= 4 is 11.7 Å². The number of alkyl halides is 3. The van der Waals surface area contributed by atoms with Gasteiger partial charge in [-0.2, -0.15) is 18.3 Å². The van der Waals surface area contributed by atoms with Crippen LogP contribution in [0.25, 0.3) is 0 Å². The van der Waals surface area contributed by atoms with Gasteiger partial charge in [-0.05, 0) is 37.1 Å². The Morgan fingerprint density at radius 3 is 2.74 bits per heavy atom. The quantitative estimate of drug-likeness (QED) is 0.829. The molecule has 7 nitrogen and oxygen atoms in total. The van der Waals surface area contributed by atoms with E-state index in [1.165, 1.54) is 24.3 Å². The monoisotopic (exact) mass is 383 g/mol. The highest BCUT2D eigenvalue weighted by Crippen LogP contribution is 2.24. The molecule has 146 valence electrons. The molecule has 1 aliphatic heterocycles. The van der Waals surface area contributed by atoms with Crippen LogP contribution in [-0.4, -0.2) is 33.6 Å². The summed E-state index contributed by atoms with van der Waals surface area (Å²) in [6.07, 6.45) is -2.02. The van der Waals surface area contributed by atoms with Gasteiger partial charge in [0.2, 0.25) is 0 Å². The maximum atomic E-state index is 12.2. The molecule has 1 aromatic carbocycles. The van der Waals surface area contributed by atoms with Gasteiger partial charge in [0.1, 0.15) is 11.6 Å². The Morgan fingerprint density at radius 2 is 2.07 bits per heavy atom. The number of hydrogen-bond acceptors (Lipinski definition) is 4. The molecule has 2 heterocycles. The number of amides is 2. The Balaban J connectivity index is 1.56. The topological polar surface area (TPSA) is 81.1 Å². The molecule has 0 radical (unpaired) electrons. The number of aryl methyl sites for hydroxylation is 2. The minimum Gasteiger partial charge on any atom is -0.484 e. The normalized spacial score (nSPS) is 16.5. The first kappa shape index (κ1) is 19.0. The zero-order valence-corrected chi connectivity index (χ0v) is 14.7.